The first-order chi connectivity index (χ1) is 16.2. The van der Waals surface area contributed by atoms with Gasteiger partial charge in [-0.3, -0.25) is 28.8 Å². The molecule has 2 heterocycles. The van der Waals surface area contributed by atoms with Gasteiger partial charge >= 0.3 is 5.69 Å². The third-order valence-corrected chi connectivity index (χ3v) is 6.10. The van der Waals surface area contributed by atoms with Crippen molar-refractivity contribution in [2.24, 2.45) is 11.8 Å². The maximum atomic E-state index is 13.4. The predicted octanol–water partition coefficient (Wildman–Crippen LogP) is 1.54. The van der Waals surface area contributed by atoms with Crippen LogP contribution in [0.25, 0.3) is 0 Å². The van der Waals surface area contributed by atoms with E-state index in [0.717, 1.165) is 32.2 Å². The number of rotatable bonds is 12. The lowest BCUT2D eigenvalue weighted by Gasteiger charge is -2.34. The molecular weight excluding hydrogens is 436 g/mol. The van der Waals surface area contributed by atoms with Crippen LogP contribution >= 0.6 is 0 Å². The van der Waals surface area contributed by atoms with E-state index in [-0.39, 0.29) is 41.7 Å². The quantitative estimate of drug-likeness (QED) is 0.417. The number of carbonyl (C=O) groups is 2. The zero-order chi connectivity index (χ0) is 25.3. The standard InChI is InChI=1S/C24H42N6O4/c1-5-7-12-29(21-22(25)30(14-17(3)4)24(34)27-23(21)33)20(32)16-28-11-8-10-18(15-28)13-26-19(31)9-6-2/h17-18H,5-16,25H2,1-4H3,(H,26,31)(H,27,33,34). The number of H-pyrrole nitrogens is 1. The second kappa shape index (κ2) is 13.3. The molecule has 1 atom stereocenters. The minimum Gasteiger partial charge on any atom is -0.383 e. The van der Waals surface area contributed by atoms with Crippen molar-refractivity contribution in [2.45, 2.75) is 72.8 Å². The number of carbonyl (C=O) groups excluding carboxylic acids is 2. The molecule has 0 bridgehead atoms. The van der Waals surface area contributed by atoms with Gasteiger partial charge in [-0.2, -0.15) is 0 Å². The summed E-state index contributed by atoms with van der Waals surface area (Å²) in [7, 11) is 0. The molecule has 1 aliphatic rings. The van der Waals surface area contributed by atoms with Gasteiger partial charge in [-0.1, -0.05) is 34.1 Å². The van der Waals surface area contributed by atoms with E-state index >= 15 is 0 Å². The summed E-state index contributed by atoms with van der Waals surface area (Å²) in [4.78, 5) is 56.2. The second-order valence-corrected chi connectivity index (χ2v) is 9.69. The Kier molecular flexibility index (Phi) is 10.8. The zero-order valence-electron chi connectivity index (χ0n) is 21.2. The van der Waals surface area contributed by atoms with Crippen LogP contribution in [0, 0.1) is 11.8 Å². The number of nitrogens with two attached hydrogens (primary N) is 1. The molecule has 1 aliphatic heterocycles. The number of nitrogens with zero attached hydrogens (tertiary/aromatic N) is 3. The predicted molar refractivity (Wildman–Crippen MR) is 135 cm³/mol. The summed E-state index contributed by atoms with van der Waals surface area (Å²) in [5, 5.41) is 2.99. The summed E-state index contributed by atoms with van der Waals surface area (Å²) in [6, 6.07) is 0. The minimum absolute atomic E-state index is 0.0297. The van der Waals surface area contributed by atoms with Gasteiger partial charge in [0.1, 0.15) is 5.82 Å². The first-order valence-electron chi connectivity index (χ1n) is 12.6. The Morgan fingerprint density at radius 1 is 1.24 bits per heavy atom. The molecule has 2 amide bonds. The number of hydrogen-bond donors (Lipinski definition) is 3. The lowest BCUT2D eigenvalue weighted by Crippen LogP contribution is -2.48. The van der Waals surface area contributed by atoms with Crippen LogP contribution in [0.2, 0.25) is 0 Å². The van der Waals surface area contributed by atoms with Gasteiger partial charge in [0.05, 0.1) is 6.54 Å². The fourth-order valence-electron chi connectivity index (χ4n) is 4.37. The van der Waals surface area contributed by atoms with Gasteiger partial charge in [-0.25, -0.2) is 4.79 Å². The summed E-state index contributed by atoms with van der Waals surface area (Å²) in [6.45, 7) is 10.9. The number of aromatic nitrogens is 2. The summed E-state index contributed by atoms with van der Waals surface area (Å²) >= 11 is 0. The van der Waals surface area contributed by atoms with Gasteiger partial charge in [-0.15, -0.1) is 0 Å². The van der Waals surface area contributed by atoms with E-state index in [0.29, 0.717) is 39.0 Å². The van der Waals surface area contributed by atoms with Crippen molar-refractivity contribution in [1.29, 1.82) is 0 Å². The highest BCUT2D eigenvalue weighted by Crippen LogP contribution is 2.21. The monoisotopic (exact) mass is 478 g/mol. The number of nitrogen functional groups attached to an aromatic ring is 1. The second-order valence-electron chi connectivity index (χ2n) is 9.69. The van der Waals surface area contributed by atoms with Crippen molar-refractivity contribution >= 4 is 23.3 Å². The Balaban J connectivity index is 2.19. The Hall–Kier alpha value is -2.62. The van der Waals surface area contributed by atoms with Gasteiger partial charge in [0.25, 0.3) is 5.56 Å². The molecule has 192 valence electrons. The third-order valence-electron chi connectivity index (χ3n) is 6.10. The van der Waals surface area contributed by atoms with Crippen molar-refractivity contribution in [3.8, 4) is 0 Å². The lowest BCUT2D eigenvalue weighted by molar-refractivity contribution is -0.122. The highest BCUT2D eigenvalue weighted by molar-refractivity contribution is 5.96. The molecule has 1 fully saturated rings. The minimum atomic E-state index is -0.637. The van der Waals surface area contributed by atoms with Crippen LogP contribution in [0.15, 0.2) is 9.59 Å². The Bertz CT molecular complexity index is 938. The summed E-state index contributed by atoms with van der Waals surface area (Å²) < 4.78 is 1.34. The average Bonchev–Trinajstić information content (AvgIpc) is 2.77. The van der Waals surface area contributed by atoms with Gasteiger partial charge in [0, 0.05) is 32.6 Å². The van der Waals surface area contributed by atoms with Crippen LogP contribution in [-0.4, -0.2) is 59.0 Å². The summed E-state index contributed by atoms with van der Waals surface area (Å²) in [5.74, 6) is 0.306. The number of amides is 2. The van der Waals surface area contributed by atoms with Gasteiger partial charge < -0.3 is 16.0 Å². The lowest BCUT2D eigenvalue weighted by atomic mass is 9.98. The van der Waals surface area contributed by atoms with Crippen molar-refractivity contribution < 1.29 is 9.59 Å². The van der Waals surface area contributed by atoms with E-state index < -0.39 is 11.2 Å². The van der Waals surface area contributed by atoms with Crippen molar-refractivity contribution in [3.05, 3.63) is 20.8 Å². The third kappa shape index (κ3) is 7.72. The van der Waals surface area contributed by atoms with Crippen LogP contribution in [0.4, 0.5) is 11.5 Å². The zero-order valence-corrected chi connectivity index (χ0v) is 21.2. The molecule has 4 N–H and O–H groups in total. The van der Waals surface area contributed by atoms with E-state index in [1.165, 1.54) is 9.47 Å². The molecule has 10 nitrogen and oxygen atoms in total. The number of aromatic amines is 1. The molecule has 0 aromatic carbocycles. The number of likely N-dealkylation sites (tertiary alicyclic amines) is 1. The maximum Gasteiger partial charge on any atom is 0.330 e. The van der Waals surface area contributed by atoms with E-state index in [9.17, 15) is 19.2 Å². The van der Waals surface area contributed by atoms with E-state index in [4.69, 9.17) is 5.73 Å². The molecule has 1 aromatic rings. The fourth-order valence-corrected chi connectivity index (χ4v) is 4.37. The van der Waals surface area contributed by atoms with E-state index in [1.54, 1.807) is 0 Å². The van der Waals surface area contributed by atoms with Crippen LogP contribution in [0.3, 0.4) is 0 Å². The number of piperidine rings is 1. The number of nitrogens with one attached hydrogen (secondary N) is 2. The molecular formula is C24H42N6O4. The van der Waals surface area contributed by atoms with Crippen LogP contribution in [-0.2, 0) is 16.1 Å². The van der Waals surface area contributed by atoms with Gasteiger partial charge in [0.2, 0.25) is 11.8 Å². The van der Waals surface area contributed by atoms with Crippen molar-refractivity contribution in [3.63, 3.8) is 0 Å². The smallest absolute Gasteiger partial charge is 0.330 e. The largest absolute Gasteiger partial charge is 0.383 e. The van der Waals surface area contributed by atoms with Crippen molar-refractivity contribution in [2.75, 3.05) is 43.4 Å². The molecule has 0 aliphatic carbocycles. The average molecular weight is 479 g/mol. The highest BCUT2D eigenvalue weighted by Gasteiger charge is 2.28. The number of anilines is 2. The Morgan fingerprint density at radius 3 is 2.62 bits per heavy atom. The first kappa shape index (κ1) is 27.6. The van der Waals surface area contributed by atoms with Crippen molar-refractivity contribution in [1.82, 2.24) is 19.8 Å². The van der Waals surface area contributed by atoms with Gasteiger partial charge in [-0.05, 0) is 44.1 Å². The summed E-state index contributed by atoms with van der Waals surface area (Å²) in [5.41, 5.74) is 5.14. The summed E-state index contributed by atoms with van der Waals surface area (Å²) in [6.07, 6.45) is 4.84. The number of hydrogen-bond acceptors (Lipinski definition) is 6. The normalized spacial score (nSPS) is 16.6. The molecule has 0 saturated carbocycles. The van der Waals surface area contributed by atoms with E-state index in [1.807, 2.05) is 27.7 Å². The molecule has 1 saturated heterocycles. The topological polar surface area (TPSA) is 134 Å². The molecule has 1 unspecified atom stereocenters. The van der Waals surface area contributed by atoms with Crippen LogP contribution in [0.1, 0.15) is 66.2 Å². The van der Waals surface area contributed by atoms with Crippen LogP contribution < -0.4 is 27.2 Å². The molecule has 0 spiro atoms. The number of unbranched alkanes of at least 4 members (excludes halogenated alkanes) is 1. The molecule has 0 radical (unpaired) electrons. The van der Waals surface area contributed by atoms with Gasteiger partial charge in [0.15, 0.2) is 5.69 Å². The Morgan fingerprint density at radius 2 is 1.97 bits per heavy atom. The maximum absolute atomic E-state index is 13.4. The molecule has 1 aromatic heterocycles. The van der Waals surface area contributed by atoms with E-state index in [2.05, 4.69) is 15.2 Å². The highest BCUT2D eigenvalue weighted by atomic mass is 16.2. The first-order valence-corrected chi connectivity index (χ1v) is 12.6. The Labute approximate surface area is 201 Å². The molecule has 34 heavy (non-hydrogen) atoms. The SMILES string of the molecule is CCCCN(C(=O)CN1CCCC(CNC(=O)CCC)C1)c1c(N)n(CC(C)C)c(=O)[nH]c1=O. The molecule has 10 heteroatoms. The van der Waals surface area contributed by atoms with Crippen LogP contribution in [0.5, 0.6) is 0 Å². The molecule has 2 rings (SSSR count). The fraction of sp³-hybridized carbons (Fsp3) is 0.750.